The lowest BCUT2D eigenvalue weighted by molar-refractivity contribution is -0.124. The maximum absolute atomic E-state index is 11.5. The van der Waals surface area contributed by atoms with Gasteiger partial charge in [0.1, 0.15) is 6.10 Å². The van der Waals surface area contributed by atoms with Gasteiger partial charge < -0.3 is 15.8 Å². The van der Waals surface area contributed by atoms with E-state index in [0.29, 0.717) is 5.69 Å². The monoisotopic (exact) mass is 208 g/mol. The van der Waals surface area contributed by atoms with Crippen molar-refractivity contribution in [3.63, 3.8) is 0 Å². The third-order valence-corrected chi connectivity index (χ3v) is 2.26. The van der Waals surface area contributed by atoms with Crippen LogP contribution in [0.3, 0.4) is 0 Å². The number of methoxy groups -OCH3 is 1. The highest BCUT2D eigenvalue weighted by Crippen LogP contribution is 2.16. The van der Waals surface area contributed by atoms with Crippen molar-refractivity contribution in [2.24, 2.45) is 0 Å². The lowest BCUT2D eigenvalue weighted by Gasteiger charge is -2.11. The van der Waals surface area contributed by atoms with E-state index < -0.39 is 6.10 Å². The summed E-state index contributed by atoms with van der Waals surface area (Å²) in [6.07, 6.45) is -0.456. The van der Waals surface area contributed by atoms with Crippen molar-refractivity contribution >= 4 is 17.3 Å². The van der Waals surface area contributed by atoms with E-state index in [1.807, 2.05) is 13.0 Å². The topological polar surface area (TPSA) is 64.3 Å². The first-order valence-electron chi connectivity index (χ1n) is 4.74. The number of hydrogen-bond donors (Lipinski definition) is 2. The number of nitrogen functional groups attached to an aromatic ring is 1. The molecule has 4 nitrogen and oxygen atoms in total. The lowest BCUT2D eigenvalue weighted by atomic mass is 10.2. The first-order chi connectivity index (χ1) is 7.04. The molecular weight excluding hydrogens is 192 g/mol. The number of nitrogens with two attached hydrogens (primary N) is 1. The molecule has 4 heteroatoms. The van der Waals surface area contributed by atoms with E-state index in [1.54, 1.807) is 19.1 Å². The first-order valence-corrected chi connectivity index (χ1v) is 4.74. The Morgan fingerprint density at radius 2 is 2.20 bits per heavy atom. The number of carbonyl (C=O) groups is 1. The average molecular weight is 208 g/mol. The lowest BCUT2D eigenvalue weighted by Crippen LogP contribution is -2.26. The molecule has 0 radical (unpaired) electrons. The summed E-state index contributed by atoms with van der Waals surface area (Å²) in [5, 5.41) is 2.74. The molecular formula is C11H16N2O2. The van der Waals surface area contributed by atoms with Crippen molar-refractivity contribution in [3.05, 3.63) is 23.8 Å². The minimum absolute atomic E-state index is 0.165. The molecule has 0 heterocycles. The van der Waals surface area contributed by atoms with Crippen LogP contribution >= 0.6 is 0 Å². The van der Waals surface area contributed by atoms with Crippen molar-refractivity contribution in [3.8, 4) is 0 Å². The quantitative estimate of drug-likeness (QED) is 0.741. The minimum Gasteiger partial charge on any atom is -0.399 e. The van der Waals surface area contributed by atoms with Gasteiger partial charge in [0.05, 0.1) is 0 Å². The molecule has 0 aliphatic carbocycles. The van der Waals surface area contributed by atoms with Gasteiger partial charge in [0.25, 0.3) is 5.91 Å². The van der Waals surface area contributed by atoms with Gasteiger partial charge in [-0.15, -0.1) is 0 Å². The smallest absolute Gasteiger partial charge is 0.253 e. The van der Waals surface area contributed by atoms with Crippen molar-refractivity contribution in [1.29, 1.82) is 0 Å². The van der Waals surface area contributed by atoms with Crippen molar-refractivity contribution in [2.45, 2.75) is 20.0 Å². The summed E-state index contributed by atoms with van der Waals surface area (Å²) < 4.78 is 4.90. The van der Waals surface area contributed by atoms with Gasteiger partial charge in [-0.05, 0) is 37.6 Å². The summed E-state index contributed by atoms with van der Waals surface area (Å²) in [5.41, 5.74) is 8.06. The normalized spacial score (nSPS) is 12.2. The van der Waals surface area contributed by atoms with Gasteiger partial charge in [0.2, 0.25) is 0 Å². The van der Waals surface area contributed by atoms with Crippen LogP contribution in [0.4, 0.5) is 11.4 Å². The number of carbonyl (C=O) groups excluding carboxylic acids is 1. The van der Waals surface area contributed by atoms with Crippen LogP contribution in [0.25, 0.3) is 0 Å². The van der Waals surface area contributed by atoms with Crippen LogP contribution in [0.15, 0.2) is 18.2 Å². The van der Waals surface area contributed by atoms with Crippen LogP contribution in [-0.4, -0.2) is 19.1 Å². The third-order valence-electron chi connectivity index (χ3n) is 2.26. The van der Waals surface area contributed by atoms with Gasteiger partial charge >= 0.3 is 0 Å². The van der Waals surface area contributed by atoms with Gasteiger partial charge in [-0.3, -0.25) is 4.79 Å². The van der Waals surface area contributed by atoms with E-state index in [9.17, 15) is 4.79 Å². The molecule has 0 bridgehead atoms. The molecule has 0 saturated heterocycles. The Hall–Kier alpha value is -1.55. The number of ether oxygens (including phenoxy) is 1. The molecule has 1 aromatic carbocycles. The van der Waals surface area contributed by atoms with E-state index in [-0.39, 0.29) is 5.91 Å². The average Bonchev–Trinajstić information content (AvgIpc) is 2.22. The number of rotatable bonds is 3. The molecule has 0 fully saturated rings. The van der Waals surface area contributed by atoms with E-state index in [1.165, 1.54) is 7.11 Å². The molecule has 1 amide bonds. The molecule has 1 atom stereocenters. The molecule has 0 aliphatic heterocycles. The largest absolute Gasteiger partial charge is 0.399 e. The number of hydrogen-bond acceptors (Lipinski definition) is 3. The maximum atomic E-state index is 11.5. The SMILES string of the molecule is COC(C)C(=O)Nc1ccc(N)c(C)c1. The summed E-state index contributed by atoms with van der Waals surface area (Å²) in [7, 11) is 1.50. The molecule has 82 valence electrons. The fourth-order valence-corrected chi connectivity index (χ4v) is 1.10. The Balaban J connectivity index is 2.73. The zero-order valence-corrected chi connectivity index (χ0v) is 9.20. The number of anilines is 2. The fourth-order valence-electron chi connectivity index (χ4n) is 1.10. The standard InChI is InChI=1S/C11H16N2O2/c1-7-6-9(4-5-10(7)12)13-11(14)8(2)15-3/h4-6,8H,12H2,1-3H3,(H,13,14). The Labute approximate surface area is 89.4 Å². The summed E-state index contributed by atoms with van der Waals surface area (Å²) in [4.78, 5) is 11.5. The predicted molar refractivity (Wildman–Crippen MR) is 60.7 cm³/mol. The summed E-state index contributed by atoms with van der Waals surface area (Å²) in [5.74, 6) is -0.165. The highest BCUT2D eigenvalue weighted by Gasteiger charge is 2.11. The number of aryl methyl sites for hydroxylation is 1. The summed E-state index contributed by atoms with van der Waals surface area (Å²) in [6, 6.07) is 5.36. The summed E-state index contributed by atoms with van der Waals surface area (Å²) >= 11 is 0. The van der Waals surface area contributed by atoms with Crippen LogP contribution in [0.2, 0.25) is 0 Å². The third kappa shape index (κ3) is 2.95. The Kier molecular flexibility index (Phi) is 3.68. The fraction of sp³-hybridized carbons (Fsp3) is 0.364. The molecule has 1 aromatic rings. The van der Waals surface area contributed by atoms with Crippen molar-refractivity contribution in [1.82, 2.24) is 0 Å². The maximum Gasteiger partial charge on any atom is 0.253 e. The van der Waals surface area contributed by atoms with Gasteiger partial charge in [-0.2, -0.15) is 0 Å². The van der Waals surface area contributed by atoms with Crippen LogP contribution in [0, 0.1) is 6.92 Å². The molecule has 0 saturated carbocycles. The van der Waals surface area contributed by atoms with Gasteiger partial charge in [0.15, 0.2) is 0 Å². The zero-order chi connectivity index (χ0) is 11.4. The Morgan fingerprint density at radius 3 is 2.73 bits per heavy atom. The molecule has 0 aliphatic rings. The van der Waals surface area contributed by atoms with Crippen LogP contribution < -0.4 is 11.1 Å². The van der Waals surface area contributed by atoms with Gasteiger partial charge in [-0.1, -0.05) is 0 Å². The Morgan fingerprint density at radius 1 is 1.53 bits per heavy atom. The second kappa shape index (κ2) is 4.79. The number of benzene rings is 1. The summed E-state index contributed by atoms with van der Waals surface area (Å²) in [6.45, 7) is 3.59. The molecule has 0 aromatic heterocycles. The second-order valence-corrected chi connectivity index (χ2v) is 3.44. The highest BCUT2D eigenvalue weighted by molar-refractivity contribution is 5.94. The number of amides is 1. The van der Waals surface area contributed by atoms with Crippen molar-refractivity contribution < 1.29 is 9.53 Å². The van der Waals surface area contributed by atoms with E-state index in [0.717, 1.165) is 11.3 Å². The molecule has 1 unspecified atom stereocenters. The second-order valence-electron chi connectivity index (χ2n) is 3.44. The molecule has 15 heavy (non-hydrogen) atoms. The van der Waals surface area contributed by atoms with Crippen molar-refractivity contribution in [2.75, 3.05) is 18.2 Å². The minimum atomic E-state index is -0.456. The molecule has 0 spiro atoms. The Bertz CT molecular complexity index is 364. The molecule has 1 rings (SSSR count). The highest BCUT2D eigenvalue weighted by atomic mass is 16.5. The van der Waals surface area contributed by atoms with E-state index >= 15 is 0 Å². The van der Waals surface area contributed by atoms with E-state index in [2.05, 4.69) is 5.32 Å². The van der Waals surface area contributed by atoms with Gasteiger partial charge in [-0.25, -0.2) is 0 Å². The molecule has 3 N–H and O–H groups in total. The predicted octanol–water partition coefficient (Wildman–Crippen LogP) is 1.55. The zero-order valence-electron chi connectivity index (χ0n) is 9.20. The first kappa shape index (κ1) is 11.5. The van der Waals surface area contributed by atoms with E-state index in [4.69, 9.17) is 10.5 Å². The van der Waals surface area contributed by atoms with Crippen LogP contribution in [0.5, 0.6) is 0 Å². The van der Waals surface area contributed by atoms with Crippen LogP contribution in [0.1, 0.15) is 12.5 Å². The number of nitrogens with one attached hydrogen (secondary N) is 1. The van der Waals surface area contributed by atoms with Gasteiger partial charge in [0, 0.05) is 18.5 Å². The van der Waals surface area contributed by atoms with Crippen LogP contribution in [-0.2, 0) is 9.53 Å².